The van der Waals surface area contributed by atoms with Crippen molar-refractivity contribution in [3.05, 3.63) is 29.6 Å². The molecule has 156 valence electrons. The van der Waals surface area contributed by atoms with E-state index in [9.17, 15) is 14.0 Å². The first-order chi connectivity index (χ1) is 13.4. The highest BCUT2D eigenvalue weighted by Gasteiger charge is 2.25. The number of rotatable bonds is 12. The lowest BCUT2D eigenvalue weighted by Gasteiger charge is -2.22. The lowest BCUT2D eigenvalue weighted by Crippen LogP contribution is -2.35. The number of hydrogen-bond donors (Lipinski definition) is 3. The highest BCUT2D eigenvalue weighted by atomic mass is 19.1. The molecule has 1 aromatic carbocycles. The molecular weight excluding hydrogens is 361 g/mol. The van der Waals surface area contributed by atoms with Gasteiger partial charge in [-0.25, -0.2) is 9.18 Å². The van der Waals surface area contributed by atoms with E-state index in [1.54, 1.807) is 6.07 Å². The topological polar surface area (TPSA) is 76.7 Å². The van der Waals surface area contributed by atoms with Gasteiger partial charge in [-0.3, -0.25) is 21.0 Å². The number of hydrazine groups is 1. The number of amides is 3. The number of nitrogens with zero attached hydrogens (tertiary/aromatic N) is 2. The van der Waals surface area contributed by atoms with E-state index >= 15 is 0 Å². The lowest BCUT2D eigenvalue weighted by atomic mass is 10.1. The summed E-state index contributed by atoms with van der Waals surface area (Å²) in [5.41, 5.74) is 8.11. The average molecular weight is 394 g/mol. The van der Waals surface area contributed by atoms with E-state index in [0.717, 1.165) is 44.3 Å². The molecule has 3 amide bonds. The van der Waals surface area contributed by atoms with Crippen LogP contribution in [0.4, 0.5) is 14.9 Å². The fraction of sp³-hybridized carbons (Fsp3) is 0.600. The van der Waals surface area contributed by atoms with Crippen molar-refractivity contribution < 1.29 is 14.0 Å². The van der Waals surface area contributed by atoms with Crippen LogP contribution in [-0.2, 0) is 4.79 Å². The van der Waals surface area contributed by atoms with Crippen molar-refractivity contribution in [2.45, 2.75) is 45.6 Å². The summed E-state index contributed by atoms with van der Waals surface area (Å²) in [6, 6.07) is 4.98. The van der Waals surface area contributed by atoms with Crippen LogP contribution in [0.25, 0.3) is 0 Å². The normalized spacial score (nSPS) is 15.1. The Hall–Kier alpha value is -2.19. The molecule has 8 heteroatoms. The Morgan fingerprint density at radius 3 is 2.75 bits per heavy atom. The van der Waals surface area contributed by atoms with Crippen molar-refractivity contribution in [3.63, 3.8) is 0 Å². The first-order valence-corrected chi connectivity index (χ1v) is 10.00. The predicted octanol–water partition coefficient (Wildman–Crippen LogP) is 2.55. The Balaban J connectivity index is 1.65. The van der Waals surface area contributed by atoms with Gasteiger partial charge in [0.25, 0.3) is 0 Å². The molecule has 1 heterocycles. The molecule has 0 bridgehead atoms. The molecule has 1 aliphatic heterocycles. The van der Waals surface area contributed by atoms with Crippen LogP contribution in [0, 0.1) is 5.82 Å². The van der Waals surface area contributed by atoms with Gasteiger partial charge in [0.2, 0.25) is 5.91 Å². The minimum absolute atomic E-state index is 0.0497. The summed E-state index contributed by atoms with van der Waals surface area (Å²) in [5.74, 6) is -0.428. The van der Waals surface area contributed by atoms with E-state index in [1.165, 1.54) is 11.0 Å². The van der Waals surface area contributed by atoms with Crippen molar-refractivity contribution in [3.8, 4) is 0 Å². The molecule has 1 aliphatic rings. The summed E-state index contributed by atoms with van der Waals surface area (Å²) >= 11 is 0. The molecule has 0 aliphatic carbocycles. The van der Waals surface area contributed by atoms with Crippen LogP contribution in [0.5, 0.6) is 0 Å². The van der Waals surface area contributed by atoms with Gasteiger partial charge in [0.1, 0.15) is 12.4 Å². The standard InChI is InChI=1S/C20H32FN5O2/c1-4-11-25(3)18-13-16(8-9-17(18)21)15(2)24-22-10-6-5-7-12-26-14-19(27)23-20(26)28/h8-9,13,15,22,24H,4-7,10-12,14H2,1-3H3,(H,23,27,28). The van der Waals surface area contributed by atoms with Gasteiger partial charge in [0, 0.05) is 32.7 Å². The molecule has 7 nitrogen and oxygen atoms in total. The van der Waals surface area contributed by atoms with E-state index in [-0.39, 0.29) is 30.3 Å². The maximum absolute atomic E-state index is 14.1. The molecule has 1 aromatic rings. The Labute approximate surface area is 166 Å². The van der Waals surface area contributed by atoms with Crippen LogP contribution in [-0.4, -0.2) is 50.1 Å². The number of hydrogen-bond acceptors (Lipinski definition) is 5. The Bertz CT molecular complexity index is 670. The van der Waals surface area contributed by atoms with Crippen LogP contribution >= 0.6 is 0 Å². The Morgan fingerprint density at radius 2 is 2.07 bits per heavy atom. The highest BCUT2D eigenvalue weighted by Crippen LogP contribution is 2.23. The highest BCUT2D eigenvalue weighted by molar-refractivity contribution is 6.01. The van der Waals surface area contributed by atoms with E-state index < -0.39 is 0 Å². The van der Waals surface area contributed by atoms with Crippen molar-refractivity contribution in [1.82, 2.24) is 21.1 Å². The summed E-state index contributed by atoms with van der Waals surface area (Å²) in [6.07, 6.45) is 3.75. The van der Waals surface area contributed by atoms with Crippen molar-refractivity contribution in [1.29, 1.82) is 0 Å². The van der Waals surface area contributed by atoms with Crippen LogP contribution in [0.2, 0.25) is 0 Å². The summed E-state index contributed by atoms with van der Waals surface area (Å²) < 4.78 is 14.1. The monoisotopic (exact) mass is 393 g/mol. The maximum atomic E-state index is 14.1. The summed E-state index contributed by atoms with van der Waals surface area (Å²) in [7, 11) is 1.91. The summed E-state index contributed by atoms with van der Waals surface area (Å²) in [6.45, 7) is 6.49. The number of carbonyl (C=O) groups is 2. The molecule has 1 fully saturated rings. The van der Waals surface area contributed by atoms with Gasteiger partial charge in [-0.05, 0) is 43.9 Å². The third-order valence-electron chi connectivity index (χ3n) is 4.86. The first kappa shape index (κ1) is 22.1. The van der Waals surface area contributed by atoms with Crippen LogP contribution < -0.4 is 21.1 Å². The molecule has 0 saturated carbocycles. The number of anilines is 1. The zero-order chi connectivity index (χ0) is 20.5. The van der Waals surface area contributed by atoms with Gasteiger partial charge in [-0.15, -0.1) is 0 Å². The SMILES string of the molecule is CCCN(C)c1cc(C(C)NNCCCCCN2CC(=O)NC2=O)ccc1F. The Morgan fingerprint density at radius 1 is 1.29 bits per heavy atom. The summed E-state index contributed by atoms with van der Waals surface area (Å²) in [4.78, 5) is 26.0. The van der Waals surface area contributed by atoms with E-state index in [0.29, 0.717) is 12.2 Å². The second-order valence-electron chi connectivity index (χ2n) is 7.26. The maximum Gasteiger partial charge on any atom is 0.324 e. The zero-order valence-electron chi connectivity index (χ0n) is 17.1. The smallest absolute Gasteiger partial charge is 0.324 e. The molecule has 0 radical (unpaired) electrons. The van der Waals surface area contributed by atoms with Crippen molar-refractivity contribution >= 4 is 17.6 Å². The van der Waals surface area contributed by atoms with Gasteiger partial charge in [0.15, 0.2) is 0 Å². The van der Waals surface area contributed by atoms with Crippen molar-refractivity contribution in [2.75, 3.05) is 38.1 Å². The van der Waals surface area contributed by atoms with E-state index in [2.05, 4.69) is 23.1 Å². The second kappa shape index (κ2) is 11.0. The minimum Gasteiger partial charge on any atom is -0.372 e. The molecule has 1 unspecified atom stereocenters. The van der Waals surface area contributed by atoms with Gasteiger partial charge < -0.3 is 9.80 Å². The molecule has 0 spiro atoms. The quantitative estimate of drug-likeness (QED) is 0.289. The lowest BCUT2D eigenvalue weighted by molar-refractivity contribution is -0.118. The molecule has 3 N–H and O–H groups in total. The molecule has 0 aromatic heterocycles. The number of halogens is 1. The van der Waals surface area contributed by atoms with Gasteiger partial charge >= 0.3 is 6.03 Å². The van der Waals surface area contributed by atoms with E-state index in [4.69, 9.17) is 0 Å². The largest absolute Gasteiger partial charge is 0.372 e. The second-order valence-corrected chi connectivity index (χ2v) is 7.26. The molecule has 1 saturated heterocycles. The molecule has 1 atom stereocenters. The molecular formula is C20H32FN5O2. The van der Waals surface area contributed by atoms with Gasteiger partial charge in [-0.2, -0.15) is 0 Å². The van der Waals surface area contributed by atoms with E-state index in [1.807, 2.05) is 24.9 Å². The molecule has 2 rings (SSSR count). The Kier molecular flexibility index (Phi) is 8.66. The predicted molar refractivity (Wildman–Crippen MR) is 108 cm³/mol. The fourth-order valence-electron chi connectivity index (χ4n) is 3.21. The number of urea groups is 1. The number of carbonyl (C=O) groups excluding carboxylic acids is 2. The van der Waals surface area contributed by atoms with Crippen LogP contribution in [0.1, 0.15) is 51.1 Å². The third-order valence-corrected chi connectivity index (χ3v) is 4.86. The van der Waals surface area contributed by atoms with Crippen molar-refractivity contribution in [2.24, 2.45) is 0 Å². The fourth-order valence-corrected chi connectivity index (χ4v) is 3.21. The number of nitrogens with one attached hydrogen (secondary N) is 3. The minimum atomic E-state index is -0.290. The number of benzene rings is 1. The third kappa shape index (κ3) is 6.45. The van der Waals surface area contributed by atoms with Gasteiger partial charge in [0.05, 0.1) is 5.69 Å². The van der Waals surface area contributed by atoms with Gasteiger partial charge in [-0.1, -0.05) is 19.4 Å². The van der Waals surface area contributed by atoms with Crippen LogP contribution in [0.15, 0.2) is 18.2 Å². The zero-order valence-corrected chi connectivity index (χ0v) is 17.1. The van der Waals surface area contributed by atoms with Crippen LogP contribution in [0.3, 0.4) is 0 Å². The molecule has 28 heavy (non-hydrogen) atoms. The summed E-state index contributed by atoms with van der Waals surface area (Å²) in [5, 5.41) is 2.28. The number of unbranched alkanes of at least 4 members (excludes halogenated alkanes) is 2. The average Bonchev–Trinajstić information content (AvgIpc) is 2.98. The number of imide groups is 1. The first-order valence-electron chi connectivity index (χ1n) is 10.00.